The highest BCUT2D eigenvalue weighted by atomic mass is 16.5. The Labute approximate surface area is 117 Å². The molecular weight excluding hydrogens is 256 g/mol. The van der Waals surface area contributed by atoms with E-state index in [0.717, 1.165) is 42.8 Å². The summed E-state index contributed by atoms with van der Waals surface area (Å²) in [6, 6.07) is 7.98. The van der Waals surface area contributed by atoms with Crippen LogP contribution in [0.3, 0.4) is 0 Å². The molecule has 1 aromatic heterocycles. The van der Waals surface area contributed by atoms with Gasteiger partial charge in [-0.3, -0.25) is 10.0 Å². The lowest BCUT2D eigenvalue weighted by Gasteiger charge is -2.15. The highest BCUT2D eigenvalue weighted by molar-refractivity contribution is 5.75. The minimum absolute atomic E-state index is 0.337. The van der Waals surface area contributed by atoms with E-state index in [2.05, 4.69) is 14.9 Å². The van der Waals surface area contributed by atoms with Crippen molar-refractivity contribution in [1.82, 2.24) is 20.3 Å². The lowest BCUT2D eigenvalue weighted by atomic mass is 10.3. The molecule has 0 aliphatic heterocycles. The van der Waals surface area contributed by atoms with E-state index in [1.54, 1.807) is 5.48 Å². The summed E-state index contributed by atoms with van der Waals surface area (Å²) in [5.41, 5.74) is 3.69. The van der Waals surface area contributed by atoms with Crippen LogP contribution in [0.25, 0.3) is 11.0 Å². The van der Waals surface area contributed by atoms with Gasteiger partial charge in [0, 0.05) is 19.4 Å². The molecule has 0 radical (unpaired) electrons. The van der Waals surface area contributed by atoms with Gasteiger partial charge in [0.05, 0.1) is 11.0 Å². The molecule has 1 amide bonds. The van der Waals surface area contributed by atoms with Crippen LogP contribution in [0.15, 0.2) is 24.3 Å². The predicted molar refractivity (Wildman–Crippen MR) is 76.5 cm³/mol. The molecule has 6 heteroatoms. The molecule has 6 nitrogen and oxygen atoms in total. The largest absolute Gasteiger partial charge is 0.342 e. The van der Waals surface area contributed by atoms with Crippen LogP contribution in [0.4, 0.5) is 0 Å². The van der Waals surface area contributed by atoms with Crippen LogP contribution in [0.1, 0.15) is 18.7 Å². The van der Waals surface area contributed by atoms with Crippen LogP contribution in [0, 0.1) is 0 Å². The maximum absolute atomic E-state index is 10.9. The van der Waals surface area contributed by atoms with Crippen molar-refractivity contribution in [2.24, 2.45) is 0 Å². The van der Waals surface area contributed by atoms with Gasteiger partial charge in [0.1, 0.15) is 5.82 Å². The number of hydrogen-bond acceptors (Lipinski definition) is 4. The molecule has 0 bridgehead atoms. The van der Waals surface area contributed by atoms with Crippen LogP contribution >= 0.6 is 0 Å². The fraction of sp³-hybridized carbons (Fsp3) is 0.429. The number of nitrogens with zero attached hydrogens (tertiary/aromatic N) is 2. The Morgan fingerprint density at radius 3 is 2.95 bits per heavy atom. The summed E-state index contributed by atoms with van der Waals surface area (Å²) in [5.74, 6) is 0.641. The van der Waals surface area contributed by atoms with Crippen LogP contribution in [0.5, 0.6) is 0 Å². The molecule has 20 heavy (non-hydrogen) atoms. The predicted octanol–water partition coefficient (Wildman–Crippen LogP) is 1.32. The van der Waals surface area contributed by atoms with E-state index in [1.807, 2.05) is 31.3 Å². The number of nitrogens with one attached hydrogen (secondary N) is 2. The van der Waals surface area contributed by atoms with Crippen molar-refractivity contribution in [3.05, 3.63) is 30.1 Å². The van der Waals surface area contributed by atoms with Crippen molar-refractivity contribution in [3.63, 3.8) is 0 Å². The third-order valence-corrected chi connectivity index (χ3v) is 3.24. The molecular formula is C14H20N4O2. The van der Waals surface area contributed by atoms with Gasteiger partial charge in [0.15, 0.2) is 0 Å². The van der Waals surface area contributed by atoms with Gasteiger partial charge < -0.3 is 9.88 Å². The van der Waals surface area contributed by atoms with Gasteiger partial charge in [0.25, 0.3) is 0 Å². The zero-order valence-electron chi connectivity index (χ0n) is 11.6. The van der Waals surface area contributed by atoms with E-state index in [9.17, 15) is 4.79 Å². The highest BCUT2D eigenvalue weighted by Crippen LogP contribution is 2.10. The maximum Gasteiger partial charge on any atom is 0.243 e. The molecule has 0 saturated heterocycles. The van der Waals surface area contributed by atoms with Gasteiger partial charge >= 0.3 is 0 Å². The molecule has 0 atom stereocenters. The van der Waals surface area contributed by atoms with Gasteiger partial charge in [-0.15, -0.1) is 0 Å². The number of aromatic nitrogens is 2. The number of para-hydroxylation sites is 2. The Balaban J connectivity index is 1.75. The number of imidazole rings is 1. The highest BCUT2D eigenvalue weighted by Gasteiger charge is 2.05. The average molecular weight is 276 g/mol. The molecule has 3 N–H and O–H groups in total. The number of hydrogen-bond donors (Lipinski definition) is 3. The van der Waals surface area contributed by atoms with Gasteiger partial charge in [-0.1, -0.05) is 12.1 Å². The van der Waals surface area contributed by atoms with Gasteiger partial charge in [-0.2, -0.15) is 0 Å². The topological polar surface area (TPSA) is 81.2 Å². The quantitative estimate of drug-likeness (QED) is 0.526. The summed E-state index contributed by atoms with van der Waals surface area (Å²) in [7, 11) is 2.01. The first-order valence-electron chi connectivity index (χ1n) is 6.74. The third kappa shape index (κ3) is 4.04. The van der Waals surface area contributed by atoms with E-state index in [4.69, 9.17) is 5.21 Å². The van der Waals surface area contributed by atoms with Crippen molar-refractivity contribution in [3.8, 4) is 0 Å². The van der Waals surface area contributed by atoms with E-state index in [0.29, 0.717) is 6.42 Å². The monoisotopic (exact) mass is 276 g/mol. The van der Waals surface area contributed by atoms with E-state index < -0.39 is 0 Å². The number of H-pyrrole nitrogens is 1. The molecule has 2 rings (SSSR count). The number of carbonyl (C=O) groups excluding carboxylic acids is 1. The molecule has 0 spiro atoms. The fourth-order valence-corrected chi connectivity index (χ4v) is 2.10. The van der Waals surface area contributed by atoms with Crippen LogP contribution < -0.4 is 5.48 Å². The first-order valence-corrected chi connectivity index (χ1v) is 6.74. The number of aromatic amines is 1. The summed E-state index contributed by atoms with van der Waals surface area (Å²) in [5, 5.41) is 8.40. The van der Waals surface area contributed by atoms with Crippen molar-refractivity contribution >= 4 is 16.9 Å². The van der Waals surface area contributed by atoms with Gasteiger partial charge in [-0.25, -0.2) is 10.5 Å². The van der Waals surface area contributed by atoms with E-state index >= 15 is 0 Å². The zero-order valence-corrected chi connectivity index (χ0v) is 11.6. The smallest absolute Gasteiger partial charge is 0.243 e. The molecule has 0 unspecified atom stereocenters. The van der Waals surface area contributed by atoms with E-state index in [1.165, 1.54) is 0 Å². The van der Waals surface area contributed by atoms with E-state index in [-0.39, 0.29) is 5.91 Å². The first-order chi connectivity index (χ1) is 9.69. The maximum atomic E-state index is 10.9. The Morgan fingerprint density at radius 1 is 1.40 bits per heavy atom. The van der Waals surface area contributed by atoms with Gasteiger partial charge in [-0.05, 0) is 32.1 Å². The lowest BCUT2D eigenvalue weighted by Crippen LogP contribution is -2.25. The molecule has 1 aromatic carbocycles. The van der Waals surface area contributed by atoms with Crippen LogP contribution in [0.2, 0.25) is 0 Å². The average Bonchev–Trinajstić information content (AvgIpc) is 2.87. The second-order valence-electron chi connectivity index (χ2n) is 4.89. The normalized spacial score (nSPS) is 11.2. The summed E-state index contributed by atoms with van der Waals surface area (Å²) in [6.45, 7) is 1.69. The fourth-order valence-electron chi connectivity index (χ4n) is 2.10. The Kier molecular flexibility index (Phi) is 5.09. The summed E-state index contributed by atoms with van der Waals surface area (Å²) in [6.07, 6.45) is 1.91. The first kappa shape index (κ1) is 14.5. The van der Waals surface area contributed by atoms with Crippen molar-refractivity contribution < 1.29 is 10.0 Å². The van der Waals surface area contributed by atoms with Crippen molar-refractivity contribution in [1.29, 1.82) is 0 Å². The lowest BCUT2D eigenvalue weighted by molar-refractivity contribution is -0.129. The van der Waals surface area contributed by atoms with Crippen molar-refractivity contribution in [2.45, 2.75) is 19.3 Å². The summed E-state index contributed by atoms with van der Waals surface area (Å²) in [4.78, 5) is 20.9. The molecule has 108 valence electrons. The second-order valence-corrected chi connectivity index (χ2v) is 4.89. The number of rotatable bonds is 7. The van der Waals surface area contributed by atoms with Crippen molar-refractivity contribution in [2.75, 3.05) is 20.1 Å². The minimum atomic E-state index is -0.337. The number of amides is 1. The Morgan fingerprint density at radius 2 is 2.20 bits per heavy atom. The molecule has 1 heterocycles. The number of likely N-dealkylation sites (N-methyl/N-ethyl adjacent to an activating group) is 1. The number of benzene rings is 1. The Bertz CT molecular complexity index is 534. The molecule has 0 saturated carbocycles. The van der Waals surface area contributed by atoms with Gasteiger partial charge in [0.2, 0.25) is 5.91 Å². The number of carbonyl (C=O) groups is 1. The molecule has 0 aliphatic rings. The summed E-state index contributed by atoms with van der Waals surface area (Å²) < 4.78 is 0. The third-order valence-electron chi connectivity index (χ3n) is 3.24. The molecule has 0 aliphatic carbocycles. The summed E-state index contributed by atoms with van der Waals surface area (Å²) >= 11 is 0. The standard InChI is InChI=1S/C14H20N4O2/c1-18(9-4-7-14(19)17-20)10-8-13-15-11-5-2-3-6-12(11)16-13/h2-3,5-6,20H,4,7-10H2,1H3,(H,15,16)(H,17,19). The zero-order chi connectivity index (χ0) is 14.4. The second kappa shape index (κ2) is 7.02. The molecule has 0 fully saturated rings. The molecule has 2 aromatic rings. The number of hydroxylamine groups is 1. The Hall–Kier alpha value is -1.92. The van der Waals surface area contributed by atoms with Crippen LogP contribution in [-0.4, -0.2) is 46.1 Å². The van der Waals surface area contributed by atoms with Crippen LogP contribution in [-0.2, 0) is 11.2 Å². The SMILES string of the molecule is CN(CCCC(=O)NO)CCc1nc2ccccc2[nH]1. The number of fused-ring (bicyclic) bond motifs is 1. The minimum Gasteiger partial charge on any atom is -0.342 e.